The van der Waals surface area contributed by atoms with Gasteiger partial charge in [-0.25, -0.2) is 0 Å². The Morgan fingerprint density at radius 1 is 1.11 bits per heavy atom. The summed E-state index contributed by atoms with van der Waals surface area (Å²) in [5.74, 6) is -0.0844. The molecule has 0 N–H and O–H groups in total. The molecule has 1 aromatic rings. The molecule has 1 aromatic carbocycles. The standard InChI is InChI=1S/C15H19NO2/c1-11-3-5-13(6-4-11)14(17)15(18)16-9-7-12(2)8-10-16/h3-6,12H,7-10H2,1-2H3. The number of rotatable bonds is 2. The van der Waals surface area contributed by atoms with E-state index in [9.17, 15) is 9.59 Å². The van der Waals surface area contributed by atoms with Crippen LogP contribution < -0.4 is 0 Å². The van der Waals surface area contributed by atoms with Gasteiger partial charge in [-0.3, -0.25) is 9.59 Å². The number of carbonyl (C=O) groups is 2. The Morgan fingerprint density at radius 2 is 1.67 bits per heavy atom. The highest BCUT2D eigenvalue weighted by atomic mass is 16.2. The van der Waals surface area contributed by atoms with Crippen LogP contribution in [0, 0.1) is 12.8 Å². The fourth-order valence-electron chi connectivity index (χ4n) is 2.18. The molecule has 3 nitrogen and oxygen atoms in total. The monoisotopic (exact) mass is 245 g/mol. The average molecular weight is 245 g/mol. The Balaban J connectivity index is 2.05. The van der Waals surface area contributed by atoms with Crippen molar-refractivity contribution in [2.24, 2.45) is 5.92 Å². The fourth-order valence-corrected chi connectivity index (χ4v) is 2.18. The molecule has 0 saturated carbocycles. The van der Waals surface area contributed by atoms with E-state index in [4.69, 9.17) is 0 Å². The summed E-state index contributed by atoms with van der Waals surface area (Å²) in [6.45, 7) is 5.56. The van der Waals surface area contributed by atoms with Crippen LogP contribution in [-0.4, -0.2) is 29.7 Å². The topological polar surface area (TPSA) is 37.4 Å². The van der Waals surface area contributed by atoms with Gasteiger partial charge in [-0.2, -0.15) is 0 Å². The first-order valence-corrected chi connectivity index (χ1v) is 6.48. The number of Topliss-reactive ketones (excluding diaryl/α,β-unsaturated/α-hetero) is 1. The minimum Gasteiger partial charge on any atom is -0.336 e. The highest BCUT2D eigenvalue weighted by molar-refractivity contribution is 6.42. The molecule has 0 bridgehead atoms. The number of likely N-dealkylation sites (tertiary alicyclic amines) is 1. The number of carbonyl (C=O) groups excluding carboxylic acids is 2. The third-order valence-corrected chi connectivity index (χ3v) is 3.58. The molecular formula is C15H19NO2. The van der Waals surface area contributed by atoms with E-state index in [1.54, 1.807) is 17.0 Å². The molecule has 1 saturated heterocycles. The van der Waals surface area contributed by atoms with Crippen molar-refractivity contribution in [2.75, 3.05) is 13.1 Å². The second-order valence-electron chi connectivity index (χ2n) is 5.17. The summed E-state index contributed by atoms with van der Waals surface area (Å²) < 4.78 is 0. The van der Waals surface area contributed by atoms with Gasteiger partial charge in [-0.05, 0) is 25.7 Å². The van der Waals surface area contributed by atoms with Gasteiger partial charge in [-0.1, -0.05) is 36.8 Å². The summed E-state index contributed by atoms with van der Waals surface area (Å²) in [5.41, 5.74) is 1.58. The third kappa shape index (κ3) is 2.78. The van der Waals surface area contributed by atoms with Gasteiger partial charge >= 0.3 is 0 Å². The Labute approximate surface area is 108 Å². The number of ketones is 1. The van der Waals surface area contributed by atoms with E-state index >= 15 is 0 Å². The summed E-state index contributed by atoms with van der Waals surface area (Å²) in [4.78, 5) is 25.8. The quantitative estimate of drug-likeness (QED) is 0.593. The van der Waals surface area contributed by atoms with Gasteiger partial charge in [-0.15, -0.1) is 0 Å². The number of amides is 1. The Morgan fingerprint density at radius 3 is 2.22 bits per heavy atom. The van der Waals surface area contributed by atoms with Crippen molar-refractivity contribution in [1.29, 1.82) is 0 Å². The molecule has 0 aliphatic carbocycles. The lowest BCUT2D eigenvalue weighted by Crippen LogP contribution is -2.41. The van der Waals surface area contributed by atoms with Crippen molar-refractivity contribution >= 4 is 11.7 Å². The Hall–Kier alpha value is -1.64. The second kappa shape index (κ2) is 5.34. The van der Waals surface area contributed by atoms with E-state index in [0.717, 1.165) is 18.4 Å². The van der Waals surface area contributed by atoms with Gasteiger partial charge in [0.2, 0.25) is 5.78 Å². The first-order chi connectivity index (χ1) is 8.58. The van der Waals surface area contributed by atoms with Crippen LogP contribution in [-0.2, 0) is 4.79 Å². The van der Waals surface area contributed by atoms with Gasteiger partial charge in [0, 0.05) is 18.7 Å². The maximum absolute atomic E-state index is 12.1. The largest absolute Gasteiger partial charge is 0.336 e. The molecule has 18 heavy (non-hydrogen) atoms. The van der Waals surface area contributed by atoms with E-state index < -0.39 is 0 Å². The molecule has 1 fully saturated rings. The van der Waals surface area contributed by atoms with Gasteiger partial charge in [0.15, 0.2) is 0 Å². The van der Waals surface area contributed by atoms with Crippen LogP contribution in [0.5, 0.6) is 0 Å². The molecule has 0 aromatic heterocycles. The lowest BCUT2D eigenvalue weighted by Gasteiger charge is -2.29. The van der Waals surface area contributed by atoms with Gasteiger partial charge < -0.3 is 4.90 Å². The number of hydrogen-bond acceptors (Lipinski definition) is 2. The first kappa shape index (κ1) is 12.8. The molecule has 1 heterocycles. The van der Waals surface area contributed by atoms with Crippen LogP contribution >= 0.6 is 0 Å². The van der Waals surface area contributed by atoms with Crippen LogP contribution in [0.15, 0.2) is 24.3 Å². The maximum atomic E-state index is 12.1. The third-order valence-electron chi connectivity index (χ3n) is 3.58. The van der Waals surface area contributed by atoms with E-state index in [1.807, 2.05) is 19.1 Å². The average Bonchev–Trinajstić information content (AvgIpc) is 2.39. The van der Waals surface area contributed by atoms with Crippen LogP contribution in [0.25, 0.3) is 0 Å². The summed E-state index contributed by atoms with van der Waals surface area (Å²) in [5, 5.41) is 0. The van der Waals surface area contributed by atoms with Gasteiger partial charge in [0.05, 0.1) is 0 Å². The number of aryl methyl sites for hydroxylation is 1. The molecule has 1 aliphatic heterocycles. The minimum absolute atomic E-state index is 0.356. The molecular weight excluding hydrogens is 226 g/mol. The van der Waals surface area contributed by atoms with Crippen molar-refractivity contribution < 1.29 is 9.59 Å². The van der Waals surface area contributed by atoms with Crippen molar-refractivity contribution in [2.45, 2.75) is 26.7 Å². The normalized spacial score (nSPS) is 16.7. The maximum Gasteiger partial charge on any atom is 0.294 e. The fraction of sp³-hybridized carbons (Fsp3) is 0.467. The summed E-state index contributed by atoms with van der Waals surface area (Å²) in [6.07, 6.45) is 1.99. The molecule has 0 radical (unpaired) electrons. The molecule has 0 atom stereocenters. The molecule has 1 aliphatic rings. The van der Waals surface area contributed by atoms with E-state index in [1.165, 1.54) is 0 Å². The second-order valence-corrected chi connectivity index (χ2v) is 5.17. The predicted octanol–water partition coefficient (Wildman–Crippen LogP) is 2.44. The van der Waals surface area contributed by atoms with Crippen LogP contribution in [0.1, 0.15) is 35.7 Å². The zero-order chi connectivity index (χ0) is 13.1. The minimum atomic E-state index is -0.385. The van der Waals surface area contributed by atoms with E-state index in [2.05, 4.69) is 6.92 Å². The zero-order valence-corrected chi connectivity index (χ0v) is 11.0. The number of benzene rings is 1. The lowest BCUT2D eigenvalue weighted by atomic mass is 9.98. The molecule has 96 valence electrons. The highest BCUT2D eigenvalue weighted by Crippen LogP contribution is 2.17. The number of piperidine rings is 1. The number of nitrogens with zero attached hydrogens (tertiary/aromatic N) is 1. The van der Waals surface area contributed by atoms with Crippen LogP contribution in [0.3, 0.4) is 0 Å². The molecule has 1 amide bonds. The lowest BCUT2D eigenvalue weighted by molar-refractivity contribution is -0.127. The van der Waals surface area contributed by atoms with Gasteiger partial charge in [0.25, 0.3) is 5.91 Å². The van der Waals surface area contributed by atoms with Crippen molar-refractivity contribution in [3.8, 4) is 0 Å². The van der Waals surface area contributed by atoms with Crippen molar-refractivity contribution in [3.63, 3.8) is 0 Å². The zero-order valence-electron chi connectivity index (χ0n) is 11.0. The highest BCUT2D eigenvalue weighted by Gasteiger charge is 2.26. The molecule has 0 unspecified atom stereocenters. The van der Waals surface area contributed by atoms with E-state index in [0.29, 0.717) is 24.6 Å². The van der Waals surface area contributed by atoms with Crippen molar-refractivity contribution in [3.05, 3.63) is 35.4 Å². The van der Waals surface area contributed by atoms with Crippen LogP contribution in [0.4, 0.5) is 0 Å². The Bertz CT molecular complexity index is 442. The van der Waals surface area contributed by atoms with Crippen LogP contribution in [0.2, 0.25) is 0 Å². The van der Waals surface area contributed by atoms with Crippen molar-refractivity contribution in [1.82, 2.24) is 4.90 Å². The van der Waals surface area contributed by atoms with E-state index in [-0.39, 0.29) is 11.7 Å². The molecule has 3 heteroatoms. The Kier molecular flexibility index (Phi) is 3.80. The number of hydrogen-bond donors (Lipinski definition) is 0. The van der Waals surface area contributed by atoms with Gasteiger partial charge in [0.1, 0.15) is 0 Å². The predicted molar refractivity (Wildman–Crippen MR) is 70.5 cm³/mol. The summed E-state index contributed by atoms with van der Waals surface area (Å²) >= 11 is 0. The SMILES string of the molecule is Cc1ccc(C(=O)C(=O)N2CCC(C)CC2)cc1. The molecule has 0 spiro atoms. The summed E-state index contributed by atoms with van der Waals surface area (Å²) in [7, 11) is 0. The summed E-state index contributed by atoms with van der Waals surface area (Å²) in [6, 6.07) is 7.17. The molecule has 2 rings (SSSR count). The smallest absolute Gasteiger partial charge is 0.294 e. The first-order valence-electron chi connectivity index (χ1n) is 6.48.